The molecule has 0 spiro atoms. The van der Waals surface area contributed by atoms with Gasteiger partial charge in [-0.15, -0.1) is 11.3 Å². The molecule has 1 N–H and O–H groups in total. The van der Waals surface area contributed by atoms with E-state index >= 15 is 0 Å². The first-order valence-electron chi connectivity index (χ1n) is 6.23. The second-order valence-electron chi connectivity index (χ2n) is 4.83. The number of hydrogen-bond donors (Lipinski definition) is 1. The summed E-state index contributed by atoms with van der Waals surface area (Å²) in [5.41, 5.74) is -0.648. The Morgan fingerprint density at radius 1 is 1.67 bits per heavy atom. The second kappa shape index (κ2) is 5.31. The molecule has 1 unspecified atom stereocenters. The van der Waals surface area contributed by atoms with Crippen LogP contribution in [0.25, 0.3) is 0 Å². The van der Waals surface area contributed by atoms with E-state index < -0.39 is 11.5 Å². The largest absolute Gasteiger partial charge is 0.480 e. The van der Waals surface area contributed by atoms with Gasteiger partial charge in [-0.05, 0) is 54.7 Å². The summed E-state index contributed by atoms with van der Waals surface area (Å²) >= 11 is 5.26. The summed E-state index contributed by atoms with van der Waals surface area (Å²) in [7, 11) is 0. The van der Waals surface area contributed by atoms with Gasteiger partial charge in [-0.2, -0.15) is 0 Å². The lowest BCUT2D eigenvalue weighted by molar-refractivity contribution is -0.150. The number of halogens is 1. The van der Waals surface area contributed by atoms with Crippen molar-refractivity contribution in [2.24, 2.45) is 0 Å². The molecule has 0 radical (unpaired) electrons. The molecule has 1 atom stereocenters. The fourth-order valence-corrected chi connectivity index (χ4v) is 4.36. The van der Waals surface area contributed by atoms with E-state index in [2.05, 4.69) is 33.8 Å². The maximum atomic E-state index is 11.6. The molecule has 1 aromatic heterocycles. The van der Waals surface area contributed by atoms with Gasteiger partial charge in [-0.1, -0.05) is 6.92 Å². The third kappa shape index (κ3) is 2.36. The molecule has 3 nitrogen and oxygen atoms in total. The number of rotatable bonds is 4. The van der Waals surface area contributed by atoms with E-state index in [4.69, 9.17) is 0 Å². The van der Waals surface area contributed by atoms with Crippen LogP contribution < -0.4 is 0 Å². The lowest BCUT2D eigenvalue weighted by Gasteiger charge is -2.33. The molecule has 1 aliphatic rings. The molecular weight excluding hydrogens is 314 g/mol. The Kier molecular flexibility index (Phi) is 4.14. The number of carboxylic acid groups (broad SMARTS) is 1. The molecule has 5 heteroatoms. The van der Waals surface area contributed by atoms with E-state index in [1.165, 1.54) is 9.75 Å². The minimum atomic E-state index is -0.671. The van der Waals surface area contributed by atoms with Crippen molar-refractivity contribution in [3.05, 3.63) is 20.3 Å². The molecule has 1 saturated heterocycles. The number of thiophene rings is 1. The first kappa shape index (κ1) is 14.0. The van der Waals surface area contributed by atoms with E-state index in [0.717, 1.165) is 30.4 Å². The highest BCUT2D eigenvalue weighted by molar-refractivity contribution is 9.10. The normalized spacial score (nSPS) is 24.6. The van der Waals surface area contributed by atoms with Crippen molar-refractivity contribution < 1.29 is 9.90 Å². The van der Waals surface area contributed by atoms with E-state index in [-0.39, 0.29) is 0 Å². The predicted molar refractivity (Wildman–Crippen MR) is 77.1 cm³/mol. The molecule has 0 bridgehead atoms. The van der Waals surface area contributed by atoms with Crippen molar-refractivity contribution in [3.63, 3.8) is 0 Å². The van der Waals surface area contributed by atoms with Crippen LogP contribution in [0.5, 0.6) is 0 Å². The molecule has 1 fully saturated rings. The Labute approximate surface area is 120 Å². The van der Waals surface area contributed by atoms with Crippen LogP contribution in [-0.2, 0) is 11.3 Å². The first-order chi connectivity index (χ1) is 8.49. The quantitative estimate of drug-likeness (QED) is 0.915. The van der Waals surface area contributed by atoms with Crippen molar-refractivity contribution in [1.82, 2.24) is 4.90 Å². The van der Waals surface area contributed by atoms with Crippen LogP contribution in [0.3, 0.4) is 0 Å². The molecule has 1 aromatic rings. The van der Waals surface area contributed by atoms with Gasteiger partial charge in [-0.25, -0.2) is 0 Å². The van der Waals surface area contributed by atoms with Crippen molar-refractivity contribution >= 4 is 33.2 Å². The Bertz CT molecular complexity index is 440. The highest BCUT2D eigenvalue weighted by Crippen LogP contribution is 2.36. The Morgan fingerprint density at radius 2 is 2.39 bits per heavy atom. The average molecular weight is 332 g/mol. The summed E-state index contributed by atoms with van der Waals surface area (Å²) in [6.07, 6.45) is 2.42. The number of likely N-dealkylation sites (tertiary alicyclic amines) is 1. The van der Waals surface area contributed by atoms with Crippen LogP contribution in [-0.4, -0.2) is 28.1 Å². The molecule has 0 aliphatic carbocycles. The van der Waals surface area contributed by atoms with Gasteiger partial charge in [-0.3, -0.25) is 9.69 Å². The number of carboxylic acids is 1. The molecule has 18 heavy (non-hydrogen) atoms. The molecule has 2 rings (SSSR count). The standard InChI is InChI=1S/C13H18BrNO2S/c1-3-13(12(16)17)5-4-6-15(13)8-10-7-11(14)9(2)18-10/h7H,3-6,8H2,1-2H3,(H,16,17). The topological polar surface area (TPSA) is 40.5 Å². The van der Waals surface area contributed by atoms with Crippen molar-refractivity contribution in [2.75, 3.05) is 6.54 Å². The van der Waals surface area contributed by atoms with Crippen molar-refractivity contribution in [3.8, 4) is 0 Å². The molecule has 1 aliphatic heterocycles. The third-order valence-electron chi connectivity index (χ3n) is 3.86. The van der Waals surface area contributed by atoms with Crippen LogP contribution in [0.2, 0.25) is 0 Å². The predicted octanol–water partition coefficient (Wildman–Crippen LogP) is 3.65. The van der Waals surface area contributed by atoms with Crippen molar-refractivity contribution in [1.29, 1.82) is 0 Å². The van der Waals surface area contributed by atoms with E-state index in [0.29, 0.717) is 6.42 Å². The molecular formula is C13H18BrNO2S. The molecule has 0 amide bonds. The number of carbonyl (C=O) groups is 1. The molecule has 0 aromatic carbocycles. The Balaban J connectivity index is 2.19. The summed E-state index contributed by atoms with van der Waals surface area (Å²) in [6.45, 7) is 5.68. The van der Waals surface area contributed by atoms with Crippen LogP contribution >= 0.6 is 27.3 Å². The zero-order chi connectivity index (χ0) is 13.3. The average Bonchev–Trinajstić information content (AvgIpc) is 2.85. The van der Waals surface area contributed by atoms with Crippen molar-refractivity contribution in [2.45, 2.75) is 45.2 Å². The van der Waals surface area contributed by atoms with Gasteiger partial charge in [0.25, 0.3) is 0 Å². The number of hydrogen-bond acceptors (Lipinski definition) is 3. The van der Waals surface area contributed by atoms with Gasteiger partial charge < -0.3 is 5.11 Å². The van der Waals surface area contributed by atoms with Crippen LogP contribution in [0.4, 0.5) is 0 Å². The highest BCUT2D eigenvalue weighted by Gasteiger charge is 2.46. The SMILES string of the molecule is CCC1(C(=O)O)CCCN1Cc1cc(Br)c(C)s1. The lowest BCUT2D eigenvalue weighted by atomic mass is 9.93. The Hall–Kier alpha value is -0.390. The Morgan fingerprint density at radius 3 is 2.89 bits per heavy atom. The van der Waals surface area contributed by atoms with Gasteiger partial charge >= 0.3 is 5.97 Å². The van der Waals surface area contributed by atoms with Gasteiger partial charge in [0.1, 0.15) is 5.54 Å². The number of aliphatic carboxylic acids is 1. The zero-order valence-corrected chi connectivity index (χ0v) is 13.1. The summed E-state index contributed by atoms with van der Waals surface area (Å²) in [5, 5.41) is 9.52. The summed E-state index contributed by atoms with van der Waals surface area (Å²) < 4.78 is 1.12. The van der Waals surface area contributed by atoms with E-state index in [1.807, 2.05) is 6.92 Å². The fourth-order valence-electron chi connectivity index (χ4n) is 2.74. The van der Waals surface area contributed by atoms with Crippen LogP contribution in [0, 0.1) is 6.92 Å². The summed E-state index contributed by atoms with van der Waals surface area (Å²) in [4.78, 5) is 16.2. The fraction of sp³-hybridized carbons (Fsp3) is 0.615. The highest BCUT2D eigenvalue weighted by atomic mass is 79.9. The third-order valence-corrected chi connectivity index (χ3v) is 5.98. The lowest BCUT2D eigenvalue weighted by Crippen LogP contribution is -2.49. The maximum absolute atomic E-state index is 11.6. The minimum absolute atomic E-state index is 0.648. The summed E-state index contributed by atoms with van der Waals surface area (Å²) in [5.74, 6) is -0.671. The second-order valence-corrected chi connectivity index (χ2v) is 7.03. The molecule has 2 heterocycles. The minimum Gasteiger partial charge on any atom is -0.480 e. The van der Waals surface area contributed by atoms with Gasteiger partial charge in [0.2, 0.25) is 0 Å². The van der Waals surface area contributed by atoms with Crippen LogP contribution in [0.15, 0.2) is 10.5 Å². The van der Waals surface area contributed by atoms with Gasteiger partial charge in [0, 0.05) is 20.8 Å². The summed E-state index contributed by atoms with van der Waals surface area (Å²) in [6, 6.07) is 2.11. The monoisotopic (exact) mass is 331 g/mol. The molecule has 100 valence electrons. The van der Waals surface area contributed by atoms with Crippen LogP contribution in [0.1, 0.15) is 35.9 Å². The van der Waals surface area contributed by atoms with E-state index in [1.54, 1.807) is 11.3 Å². The first-order valence-corrected chi connectivity index (χ1v) is 7.84. The van der Waals surface area contributed by atoms with Gasteiger partial charge in [0.15, 0.2) is 0 Å². The number of aryl methyl sites for hydroxylation is 1. The maximum Gasteiger partial charge on any atom is 0.324 e. The van der Waals surface area contributed by atoms with Gasteiger partial charge in [0.05, 0.1) is 0 Å². The number of nitrogens with zero attached hydrogens (tertiary/aromatic N) is 1. The smallest absolute Gasteiger partial charge is 0.324 e. The zero-order valence-electron chi connectivity index (χ0n) is 10.7. The molecule has 0 saturated carbocycles. The van der Waals surface area contributed by atoms with E-state index in [9.17, 15) is 9.90 Å².